The van der Waals surface area contributed by atoms with Crippen LogP contribution in [0.1, 0.15) is 0 Å². The number of hydrogen-bond donors (Lipinski definition) is 2. The van der Waals surface area contributed by atoms with Gasteiger partial charge in [-0.05, 0) is 0 Å². The van der Waals surface area contributed by atoms with E-state index in [0.717, 1.165) is 4.90 Å². The van der Waals surface area contributed by atoms with Crippen molar-refractivity contribution in [3.8, 4) is 0 Å². The van der Waals surface area contributed by atoms with Gasteiger partial charge in [0.2, 0.25) is 0 Å². The van der Waals surface area contributed by atoms with E-state index < -0.39 is 0 Å². The van der Waals surface area contributed by atoms with Gasteiger partial charge in [-0.1, -0.05) is 0 Å². The zero-order chi connectivity index (χ0) is 7.56. The standard InChI is InChI=1S/C5H9N3O2/c1-6-4(9)8-3-2-7-5(8)10/h2-3H2,1H3,(H,6,9)(H,7,10). The summed E-state index contributed by atoms with van der Waals surface area (Å²) in [5.41, 5.74) is 0. The molecule has 0 saturated carbocycles. The van der Waals surface area contributed by atoms with Crippen LogP contribution in [0.15, 0.2) is 0 Å². The molecule has 1 rings (SSSR count). The van der Waals surface area contributed by atoms with E-state index in [1.54, 1.807) is 0 Å². The van der Waals surface area contributed by atoms with Crippen molar-refractivity contribution < 1.29 is 9.59 Å². The van der Waals surface area contributed by atoms with Crippen LogP contribution < -0.4 is 10.6 Å². The molecule has 0 radical (unpaired) electrons. The fraction of sp³-hybridized carbons (Fsp3) is 0.600. The molecular formula is C5H9N3O2. The summed E-state index contributed by atoms with van der Waals surface area (Å²) in [6.45, 7) is 1.00. The number of urea groups is 2. The van der Waals surface area contributed by atoms with Crippen molar-refractivity contribution in [2.45, 2.75) is 0 Å². The van der Waals surface area contributed by atoms with Gasteiger partial charge in [-0.25, -0.2) is 14.5 Å². The Bertz CT molecular complexity index is 168. The second kappa shape index (κ2) is 2.55. The van der Waals surface area contributed by atoms with Crippen molar-refractivity contribution in [3.63, 3.8) is 0 Å². The van der Waals surface area contributed by atoms with E-state index in [0.29, 0.717) is 13.1 Å². The van der Waals surface area contributed by atoms with Crippen molar-refractivity contribution >= 4 is 12.1 Å². The number of carbonyl (C=O) groups excluding carboxylic acids is 2. The first-order valence-corrected chi connectivity index (χ1v) is 3.03. The van der Waals surface area contributed by atoms with Gasteiger partial charge in [-0.2, -0.15) is 0 Å². The topological polar surface area (TPSA) is 61.4 Å². The van der Waals surface area contributed by atoms with Crippen LogP contribution in [-0.2, 0) is 0 Å². The summed E-state index contributed by atoms with van der Waals surface area (Å²) >= 11 is 0. The van der Waals surface area contributed by atoms with Crippen LogP contribution in [0.4, 0.5) is 9.59 Å². The number of imide groups is 1. The number of nitrogens with zero attached hydrogens (tertiary/aromatic N) is 1. The van der Waals surface area contributed by atoms with Gasteiger partial charge in [-0.15, -0.1) is 0 Å². The molecule has 56 valence electrons. The third kappa shape index (κ3) is 1.02. The normalized spacial score (nSPS) is 16.9. The molecule has 4 amide bonds. The first kappa shape index (κ1) is 6.85. The van der Waals surface area contributed by atoms with Gasteiger partial charge >= 0.3 is 12.1 Å². The molecule has 0 unspecified atom stereocenters. The van der Waals surface area contributed by atoms with Gasteiger partial charge in [0.25, 0.3) is 0 Å². The number of carbonyl (C=O) groups is 2. The van der Waals surface area contributed by atoms with Crippen molar-refractivity contribution in [2.24, 2.45) is 0 Å². The molecule has 5 heteroatoms. The Morgan fingerprint density at radius 3 is 2.90 bits per heavy atom. The molecular weight excluding hydrogens is 134 g/mol. The van der Waals surface area contributed by atoms with Crippen molar-refractivity contribution in [3.05, 3.63) is 0 Å². The molecule has 1 fully saturated rings. The van der Waals surface area contributed by atoms with Crippen LogP contribution in [0.5, 0.6) is 0 Å². The minimum Gasteiger partial charge on any atom is -0.341 e. The minimum absolute atomic E-state index is 0.320. The molecule has 1 heterocycles. The molecule has 0 aromatic carbocycles. The zero-order valence-corrected chi connectivity index (χ0v) is 5.68. The Labute approximate surface area is 58.4 Å². The molecule has 0 spiro atoms. The lowest BCUT2D eigenvalue weighted by Crippen LogP contribution is -2.40. The predicted molar refractivity (Wildman–Crippen MR) is 34.6 cm³/mol. The van der Waals surface area contributed by atoms with E-state index in [1.165, 1.54) is 7.05 Å². The van der Waals surface area contributed by atoms with Crippen molar-refractivity contribution in [1.82, 2.24) is 15.5 Å². The van der Waals surface area contributed by atoms with E-state index in [1.807, 2.05) is 0 Å². The quantitative estimate of drug-likeness (QED) is 0.473. The Morgan fingerprint density at radius 1 is 1.80 bits per heavy atom. The van der Waals surface area contributed by atoms with Crippen LogP contribution >= 0.6 is 0 Å². The average Bonchev–Trinajstić information content (AvgIpc) is 2.34. The Balaban J connectivity index is 2.55. The van der Waals surface area contributed by atoms with Crippen LogP contribution in [0.2, 0.25) is 0 Å². The highest BCUT2D eigenvalue weighted by Gasteiger charge is 2.24. The van der Waals surface area contributed by atoms with Crippen LogP contribution in [0.3, 0.4) is 0 Å². The highest BCUT2D eigenvalue weighted by atomic mass is 16.2. The molecule has 0 aromatic rings. The van der Waals surface area contributed by atoms with Gasteiger partial charge in [0, 0.05) is 20.1 Å². The maximum Gasteiger partial charge on any atom is 0.325 e. The molecule has 0 aliphatic carbocycles. The first-order chi connectivity index (χ1) is 4.75. The molecule has 1 saturated heterocycles. The summed E-state index contributed by atoms with van der Waals surface area (Å²) < 4.78 is 0. The largest absolute Gasteiger partial charge is 0.341 e. The maximum absolute atomic E-state index is 10.8. The summed E-state index contributed by atoms with van der Waals surface area (Å²) in [7, 11) is 1.49. The molecule has 0 atom stereocenters. The maximum atomic E-state index is 10.8. The fourth-order valence-electron chi connectivity index (χ4n) is 0.800. The average molecular weight is 143 g/mol. The van der Waals surface area contributed by atoms with Crippen molar-refractivity contribution in [2.75, 3.05) is 20.1 Å². The molecule has 1 aliphatic rings. The lowest BCUT2D eigenvalue weighted by Gasteiger charge is -2.09. The molecule has 10 heavy (non-hydrogen) atoms. The first-order valence-electron chi connectivity index (χ1n) is 3.03. The summed E-state index contributed by atoms with van der Waals surface area (Å²) in [6.07, 6.45) is 0. The Kier molecular flexibility index (Phi) is 1.75. The van der Waals surface area contributed by atoms with E-state index in [-0.39, 0.29) is 12.1 Å². The van der Waals surface area contributed by atoms with Gasteiger partial charge in [0.05, 0.1) is 0 Å². The second-order valence-corrected chi connectivity index (χ2v) is 1.94. The number of nitrogens with one attached hydrogen (secondary N) is 2. The van der Waals surface area contributed by atoms with E-state index in [9.17, 15) is 9.59 Å². The number of hydrogen-bond acceptors (Lipinski definition) is 2. The zero-order valence-electron chi connectivity index (χ0n) is 5.68. The van der Waals surface area contributed by atoms with E-state index in [2.05, 4.69) is 10.6 Å². The summed E-state index contributed by atoms with van der Waals surface area (Å²) in [4.78, 5) is 22.6. The van der Waals surface area contributed by atoms with E-state index in [4.69, 9.17) is 0 Å². The molecule has 0 bridgehead atoms. The van der Waals surface area contributed by atoms with Gasteiger partial charge in [-0.3, -0.25) is 0 Å². The molecule has 5 nitrogen and oxygen atoms in total. The van der Waals surface area contributed by atoms with Crippen molar-refractivity contribution in [1.29, 1.82) is 0 Å². The summed E-state index contributed by atoms with van der Waals surface area (Å²) in [6, 6.07) is -0.672. The number of amides is 4. The molecule has 2 N–H and O–H groups in total. The smallest absolute Gasteiger partial charge is 0.325 e. The molecule has 1 aliphatic heterocycles. The van der Waals surface area contributed by atoms with Gasteiger partial charge < -0.3 is 10.6 Å². The highest BCUT2D eigenvalue weighted by Crippen LogP contribution is 1.95. The second-order valence-electron chi connectivity index (χ2n) is 1.94. The van der Waals surface area contributed by atoms with Gasteiger partial charge in [0.15, 0.2) is 0 Å². The Hall–Kier alpha value is -1.26. The Morgan fingerprint density at radius 2 is 2.50 bits per heavy atom. The molecule has 0 aromatic heterocycles. The lowest BCUT2D eigenvalue weighted by atomic mass is 10.6. The monoisotopic (exact) mass is 143 g/mol. The number of rotatable bonds is 0. The van der Waals surface area contributed by atoms with Crippen LogP contribution in [0, 0.1) is 0 Å². The summed E-state index contributed by atoms with van der Waals surface area (Å²) in [5, 5.41) is 4.87. The third-order valence-electron chi connectivity index (χ3n) is 1.32. The van der Waals surface area contributed by atoms with Gasteiger partial charge in [0.1, 0.15) is 0 Å². The highest BCUT2D eigenvalue weighted by molar-refractivity contribution is 5.94. The minimum atomic E-state index is -0.352. The SMILES string of the molecule is CNC(=O)N1CCNC1=O. The van der Waals surface area contributed by atoms with Crippen LogP contribution in [0.25, 0.3) is 0 Å². The third-order valence-corrected chi connectivity index (χ3v) is 1.32. The predicted octanol–water partition coefficient (Wildman–Crippen LogP) is -0.649. The van der Waals surface area contributed by atoms with E-state index >= 15 is 0 Å². The summed E-state index contributed by atoms with van der Waals surface area (Å²) in [5.74, 6) is 0. The van der Waals surface area contributed by atoms with Crippen LogP contribution in [-0.4, -0.2) is 37.1 Å². The lowest BCUT2D eigenvalue weighted by molar-refractivity contribution is 0.200. The fourth-order valence-corrected chi connectivity index (χ4v) is 0.800.